The summed E-state index contributed by atoms with van der Waals surface area (Å²) in [5.41, 5.74) is 0. The van der Waals surface area contributed by atoms with Crippen molar-refractivity contribution in [3.05, 3.63) is 36.5 Å². The van der Waals surface area contributed by atoms with Crippen LogP contribution in [0.15, 0.2) is 36.5 Å². The number of carbonyl (C=O) groups excluding carboxylic acids is 2. The Labute approximate surface area is 281 Å². The van der Waals surface area contributed by atoms with Crippen LogP contribution >= 0.6 is 0 Å². The lowest BCUT2D eigenvalue weighted by Gasteiger charge is -2.31. The van der Waals surface area contributed by atoms with Crippen molar-refractivity contribution in [3.8, 4) is 0 Å². The molecule has 46 heavy (non-hydrogen) atoms. The van der Waals surface area contributed by atoms with Crippen molar-refractivity contribution in [2.24, 2.45) is 0 Å². The first-order valence-corrected chi connectivity index (χ1v) is 18.0. The number of hydrogen-bond acceptors (Lipinski definition) is 6. The van der Waals surface area contributed by atoms with Crippen LogP contribution in [-0.4, -0.2) is 80.6 Å². The van der Waals surface area contributed by atoms with Crippen molar-refractivity contribution in [3.63, 3.8) is 0 Å². The van der Waals surface area contributed by atoms with Gasteiger partial charge in [-0.3, -0.25) is 9.59 Å². The van der Waals surface area contributed by atoms with Crippen molar-refractivity contribution in [2.75, 3.05) is 41.0 Å². The van der Waals surface area contributed by atoms with E-state index in [0.717, 1.165) is 70.6 Å². The number of ether oxygens (including phenoxy) is 3. The Balaban J connectivity index is 4.45. The second-order valence-electron chi connectivity index (χ2n) is 13.1. The van der Waals surface area contributed by atoms with Gasteiger partial charge in [0, 0.05) is 19.3 Å². The van der Waals surface area contributed by atoms with Crippen molar-refractivity contribution in [1.29, 1.82) is 0 Å². The first-order chi connectivity index (χ1) is 22.1. The molecule has 0 aromatic heterocycles. The molecule has 0 saturated heterocycles. The summed E-state index contributed by atoms with van der Waals surface area (Å²) in [6.45, 7) is 4.54. The highest BCUT2D eigenvalue weighted by Gasteiger charge is 2.31. The van der Waals surface area contributed by atoms with Gasteiger partial charge in [0.1, 0.15) is 6.61 Å². The molecule has 2 atom stereocenters. The van der Waals surface area contributed by atoms with Crippen molar-refractivity contribution >= 4 is 17.9 Å². The number of aliphatic carboxylic acids is 1. The van der Waals surface area contributed by atoms with Crippen LogP contribution in [0.4, 0.5) is 0 Å². The molecule has 0 aliphatic carbocycles. The summed E-state index contributed by atoms with van der Waals surface area (Å²) in [5, 5.41) is 9.55. The Morgan fingerprint density at radius 1 is 0.674 bits per heavy atom. The second kappa shape index (κ2) is 29.9. The van der Waals surface area contributed by atoms with Crippen LogP contribution < -0.4 is 0 Å². The SMILES string of the molecule is CC/C=C/C/C=C/C/C=C/CCCCCCC(=O)OCC(COCCC(C(=O)O)[N+](C)(C)C)OC(=O)CCCCCCCCCC. The second-order valence-corrected chi connectivity index (χ2v) is 13.1. The number of rotatable bonds is 31. The molecule has 0 aliphatic rings. The van der Waals surface area contributed by atoms with E-state index in [2.05, 4.69) is 50.3 Å². The minimum atomic E-state index is -0.881. The quantitative estimate of drug-likeness (QED) is 0.0347. The lowest BCUT2D eigenvalue weighted by molar-refractivity contribution is -0.887. The molecular weight excluding hydrogens is 582 g/mol. The van der Waals surface area contributed by atoms with E-state index in [4.69, 9.17) is 14.2 Å². The van der Waals surface area contributed by atoms with E-state index in [1.54, 1.807) is 0 Å². The molecule has 0 heterocycles. The van der Waals surface area contributed by atoms with E-state index < -0.39 is 18.1 Å². The summed E-state index contributed by atoms with van der Waals surface area (Å²) in [7, 11) is 5.50. The Morgan fingerprint density at radius 2 is 1.22 bits per heavy atom. The van der Waals surface area contributed by atoms with Crippen LogP contribution in [-0.2, 0) is 28.6 Å². The first-order valence-electron chi connectivity index (χ1n) is 18.0. The van der Waals surface area contributed by atoms with Gasteiger partial charge in [-0.2, -0.15) is 0 Å². The van der Waals surface area contributed by atoms with Gasteiger partial charge in [0.05, 0.1) is 34.4 Å². The Bertz CT molecular complexity index is 860. The fourth-order valence-corrected chi connectivity index (χ4v) is 4.99. The maximum Gasteiger partial charge on any atom is 0.362 e. The third-order valence-corrected chi connectivity index (χ3v) is 7.80. The fraction of sp³-hybridized carbons (Fsp3) is 0.763. The van der Waals surface area contributed by atoms with E-state index in [-0.39, 0.29) is 36.2 Å². The zero-order valence-electron chi connectivity index (χ0n) is 30.0. The number of quaternary nitrogens is 1. The highest BCUT2D eigenvalue weighted by Crippen LogP contribution is 2.13. The van der Waals surface area contributed by atoms with E-state index in [9.17, 15) is 19.5 Å². The number of unbranched alkanes of at least 4 members (excludes halogenated alkanes) is 11. The minimum Gasteiger partial charge on any atom is -0.477 e. The van der Waals surface area contributed by atoms with Crippen LogP contribution in [0.3, 0.4) is 0 Å². The lowest BCUT2D eigenvalue weighted by Crippen LogP contribution is -2.50. The zero-order chi connectivity index (χ0) is 34.3. The van der Waals surface area contributed by atoms with Crippen molar-refractivity contribution < 1.29 is 38.2 Å². The molecule has 0 aromatic carbocycles. The third kappa shape index (κ3) is 27.8. The fourth-order valence-electron chi connectivity index (χ4n) is 4.99. The van der Waals surface area contributed by atoms with Gasteiger partial charge in [-0.25, -0.2) is 4.79 Å². The first kappa shape index (κ1) is 43.5. The number of nitrogens with zero attached hydrogens (tertiary/aromatic N) is 1. The summed E-state index contributed by atoms with van der Waals surface area (Å²) < 4.78 is 17.1. The summed E-state index contributed by atoms with van der Waals surface area (Å²) >= 11 is 0. The van der Waals surface area contributed by atoms with Gasteiger partial charge in [0.15, 0.2) is 12.1 Å². The maximum absolute atomic E-state index is 12.5. The van der Waals surface area contributed by atoms with Gasteiger partial charge in [-0.1, -0.05) is 108 Å². The van der Waals surface area contributed by atoms with E-state index in [0.29, 0.717) is 19.3 Å². The summed E-state index contributed by atoms with van der Waals surface area (Å²) in [6.07, 6.45) is 30.5. The average Bonchev–Trinajstić information content (AvgIpc) is 3.00. The molecular formula is C38H68NO7+. The van der Waals surface area contributed by atoms with Gasteiger partial charge in [0.25, 0.3) is 0 Å². The van der Waals surface area contributed by atoms with Gasteiger partial charge < -0.3 is 23.8 Å². The Morgan fingerprint density at radius 3 is 1.80 bits per heavy atom. The number of likely N-dealkylation sites (N-methyl/N-ethyl adjacent to an activating group) is 1. The number of hydrogen-bond donors (Lipinski definition) is 1. The van der Waals surface area contributed by atoms with Crippen LogP contribution in [0.1, 0.15) is 136 Å². The van der Waals surface area contributed by atoms with E-state index in [1.807, 2.05) is 21.1 Å². The molecule has 0 fully saturated rings. The highest BCUT2D eigenvalue weighted by molar-refractivity contribution is 5.72. The molecule has 8 nitrogen and oxygen atoms in total. The molecule has 0 aromatic rings. The summed E-state index contributed by atoms with van der Waals surface area (Å²) in [6, 6.07) is -0.614. The van der Waals surface area contributed by atoms with Crippen LogP contribution in [0.5, 0.6) is 0 Å². The number of carboxylic acids is 1. The highest BCUT2D eigenvalue weighted by atomic mass is 16.6. The third-order valence-electron chi connectivity index (χ3n) is 7.80. The Hall–Kier alpha value is -2.45. The van der Waals surface area contributed by atoms with Crippen LogP contribution in [0.2, 0.25) is 0 Å². The average molecular weight is 651 g/mol. The zero-order valence-corrected chi connectivity index (χ0v) is 30.0. The minimum absolute atomic E-state index is 0.0547. The van der Waals surface area contributed by atoms with Gasteiger partial charge in [-0.05, 0) is 44.9 Å². The normalized spacial score (nSPS) is 13.5. The summed E-state index contributed by atoms with van der Waals surface area (Å²) in [4.78, 5) is 36.6. The van der Waals surface area contributed by atoms with Crippen molar-refractivity contribution in [1.82, 2.24) is 0 Å². The largest absolute Gasteiger partial charge is 0.477 e. The van der Waals surface area contributed by atoms with E-state index >= 15 is 0 Å². The van der Waals surface area contributed by atoms with Gasteiger partial charge >= 0.3 is 17.9 Å². The van der Waals surface area contributed by atoms with Gasteiger partial charge in [-0.15, -0.1) is 0 Å². The predicted octanol–water partition coefficient (Wildman–Crippen LogP) is 8.74. The number of carboxylic acid groups (broad SMARTS) is 1. The van der Waals surface area contributed by atoms with Crippen molar-refractivity contribution in [2.45, 2.75) is 148 Å². The van der Waals surface area contributed by atoms with Crippen LogP contribution in [0.25, 0.3) is 0 Å². The Kier molecular flexibility index (Phi) is 28.3. The molecule has 0 bridgehead atoms. The summed E-state index contributed by atoms with van der Waals surface area (Å²) in [5.74, 6) is -1.51. The molecule has 1 N–H and O–H groups in total. The number of allylic oxidation sites excluding steroid dienone is 6. The molecule has 0 saturated carbocycles. The van der Waals surface area contributed by atoms with Gasteiger partial charge in [0.2, 0.25) is 0 Å². The predicted molar refractivity (Wildman–Crippen MR) is 188 cm³/mol. The molecule has 2 unspecified atom stereocenters. The maximum atomic E-state index is 12.5. The molecule has 0 aliphatic heterocycles. The molecule has 0 rings (SSSR count). The molecule has 0 radical (unpaired) electrons. The van der Waals surface area contributed by atoms with Crippen LogP contribution in [0, 0.1) is 0 Å². The molecule has 0 amide bonds. The molecule has 0 spiro atoms. The standard InChI is InChI=1S/C38H67NO7/c1-6-8-10-12-14-16-17-18-19-20-21-23-24-26-28-36(40)45-33-34(32-44-31-30-35(38(42)43)39(3,4)5)46-37(41)29-27-25-22-15-13-11-9-7-2/h8,10,14,16,18-19,34-35H,6-7,9,11-13,15,17,20-33H2,1-5H3/p+1/b10-8+,16-14+,19-18+. The molecule has 8 heteroatoms. The lowest BCUT2D eigenvalue weighted by atomic mass is 10.1. The number of esters is 2. The monoisotopic (exact) mass is 650 g/mol. The number of carbonyl (C=O) groups is 3. The van der Waals surface area contributed by atoms with E-state index in [1.165, 1.54) is 32.1 Å². The smallest absolute Gasteiger partial charge is 0.362 e. The topological polar surface area (TPSA) is 99.1 Å². The molecule has 266 valence electrons.